The molecule has 0 saturated heterocycles. The van der Waals surface area contributed by atoms with Crippen molar-refractivity contribution >= 4 is 17.3 Å². The van der Waals surface area contributed by atoms with Crippen LogP contribution in [0.25, 0.3) is 5.70 Å². The number of pyridine rings is 1. The Morgan fingerprint density at radius 3 is 2.29 bits per heavy atom. The summed E-state index contributed by atoms with van der Waals surface area (Å²) in [6.45, 7) is 3.99. The van der Waals surface area contributed by atoms with Crippen molar-refractivity contribution in [2.75, 3.05) is 4.90 Å². The number of nitrogens with zero attached hydrogens (tertiary/aromatic N) is 2. The van der Waals surface area contributed by atoms with Gasteiger partial charge in [0.2, 0.25) is 0 Å². The average molecular weight is 222 g/mol. The first-order valence-corrected chi connectivity index (χ1v) is 5.32. The predicted octanol–water partition coefficient (Wildman–Crippen LogP) is 2.71. The van der Waals surface area contributed by atoms with E-state index < -0.39 is 0 Å². The molecule has 0 atom stereocenters. The lowest BCUT2D eigenvalue weighted by Gasteiger charge is -2.16. The van der Waals surface area contributed by atoms with Crippen molar-refractivity contribution in [1.29, 1.82) is 0 Å². The van der Waals surface area contributed by atoms with Gasteiger partial charge in [-0.3, -0.25) is 14.7 Å². The minimum Gasteiger partial charge on any atom is -0.277 e. The van der Waals surface area contributed by atoms with Gasteiger partial charge in [0.1, 0.15) is 0 Å². The molecule has 0 saturated carbocycles. The number of carbonyl (C=O) groups excluding carboxylic acids is 1. The van der Waals surface area contributed by atoms with Crippen molar-refractivity contribution < 1.29 is 4.79 Å². The largest absolute Gasteiger partial charge is 0.277 e. The van der Waals surface area contributed by atoms with Gasteiger partial charge in [-0.1, -0.05) is 24.8 Å². The highest BCUT2D eigenvalue weighted by Gasteiger charge is 2.31. The third kappa shape index (κ3) is 1.36. The van der Waals surface area contributed by atoms with Crippen molar-refractivity contribution in [2.45, 2.75) is 0 Å². The maximum absolute atomic E-state index is 12.3. The number of hydrogen-bond donors (Lipinski definition) is 0. The molecule has 1 aromatic heterocycles. The van der Waals surface area contributed by atoms with E-state index in [4.69, 9.17) is 0 Å². The summed E-state index contributed by atoms with van der Waals surface area (Å²) in [5, 5.41) is 0. The van der Waals surface area contributed by atoms with Crippen molar-refractivity contribution in [3.63, 3.8) is 0 Å². The number of aromatic nitrogens is 1. The molecule has 0 unspecified atom stereocenters. The van der Waals surface area contributed by atoms with Crippen molar-refractivity contribution in [3.05, 3.63) is 66.5 Å². The second kappa shape index (κ2) is 3.56. The van der Waals surface area contributed by atoms with Gasteiger partial charge in [-0.25, -0.2) is 0 Å². The summed E-state index contributed by atoms with van der Waals surface area (Å²) in [5.41, 5.74) is 3.12. The molecule has 3 rings (SSSR count). The Morgan fingerprint density at radius 2 is 1.65 bits per heavy atom. The van der Waals surface area contributed by atoms with E-state index in [0.29, 0.717) is 5.56 Å². The van der Waals surface area contributed by atoms with Crippen LogP contribution in [0.4, 0.5) is 5.69 Å². The highest BCUT2D eigenvalue weighted by atomic mass is 16.2. The van der Waals surface area contributed by atoms with Crippen molar-refractivity contribution in [3.8, 4) is 0 Å². The van der Waals surface area contributed by atoms with E-state index >= 15 is 0 Å². The first kappa shape index (κ1) is 9.78. The first-order valence-electron chi connectivity index (χ1n) is 5.32. The summed E-state index contributed by atoms with van der Waals surface area (Å²) >= 11 is 0. The predicted molar refractivity (Wildman–Crippen MR) is 66.5 cm³/mol. The molecule has 3 nitrogen and oxygen atoms in total. The van der Waals surface area contributed by atoms with E-state index in [9.17, 15) is 4.79 Å². The molecule has 0 aliphatic carbocycles. The van der Waals surface area contributed by atoms with Crippen LogP contribution in [0.5, 0.6) is 0 Å². The van der Waals surface area contributed by atoms with Crippen LogP contribution in [-0.4, -0.2) is 10.9 Å². The van der Waals surface area contributed by atoms with Crippen LogP contribution in [0.15, 0.2) is 55.4 Å². The highest BCUT2D eigenvalue weighted by molar-refractivity contribution is 6.21. The third-order valence-corrected chi connectivity index (χ3v) is 2.86. The van der Waals surface area contributed by atoms with Gasteiger partial charge >= 0.3 is 0 Å². The zero-order valence-corrected chi connectivity index (χ0v) is 9.13. The van der Waals surface area contributed by atoms with Crippen LogP contribution in [0, 0.1) is 0 Å². The van der Waals surface area contributed by atoms with E-state index in [-0.39, 0.29) is 5.91 Å². The van der Waals surface area contributed by atoms with Crippen molar-refractivity contribution in [1.82, 2.24) is 4.98 Å². The Morgan fingerprint density at radius 1 is 1.00 bits per heavy atom. The monoisotopic (exact) mass is 222 g/mol. The van der Waals surface area contributed by atoms with Crippen LogP contribution in [0.1, 0.15) is 15.9 Å². The number of rotatable bonds is 1. The SMILES string of the molecule is C=C1c2ccccc2C(=O)N1c1ccncc1. The number of hydrogen-bond acceptors (Lipinski definition) is 2. The van der Waals surface area contributed by atoms with E-state index in [1.807, 2.05) is 24.3 Å². The Hall–Kier alpha value is -2.42. The molecule has 3 heteroatoms. The van der Waals surface area contributed by atoms with Crippen LogP contribution in [0.3, 0.4) is 0 Å². The van der Waals surface area contributed by atoms with Gasteiger partial charge in [0.05, 0.1) is 11.4 Å². The number of carbonyl (C=O) groups is 1. The summed E-state index contributed by atoms with van der Waals surface area (Å²) in [7, 11) is 0. The molecule has 0 spiro atoms. The lowest BCUT2D eigenvalue weighted by molar-refractivity contribution is 0.101. The Bertz CT molecular complexity index is 570. The van der Waals surface area contributed by atoms with Gasteiger partial charge < -0.3 is 0 Å². The van der Waals surface area contributed by atoms with Gasteiger partial charge in [0.15, 0.2) is 0 Å². The van der Waals surface area contributed by atoms with Crippen LogP contribution < -0.4 is 4.90 Å². The van der Waals surface area contributed by atoms with Crippen LogP contribution in [-0.2, 0) is 0 Å². The normalized spacial score (nSPS) is 14.0. The Labute approximate surface area is 99.0 Å². The van der Waals surface area contributed by atoms with E-state index in [0.717, 1.165) is 16.9 Å². The number of benzene rings is 1. The van der Waals surface area contributed by atoms with Crippen LogP contribution in [0.2, 0.25) is 0 Å². The Kier molecular flexibility index (Phi) is 2.05. The first-order chi connectivity index (χ1) is 8.29. The maximum Gasteiger partial charge on any atom is 0.263 e. The second-order valence-corrected chi connectivity index (χ2v) is 3.84. The minimum atomic E-state index is -0.0307. The summed E-state index contributed by atoms with van der Waals surface area (Å²) < 4.78 is 0. The van der Waals surface area contributed by atoms with Gasteiger partial charge in [-0.15, -0.1) is 0 Å². The molecular formula is C14H10N2O. The zero-order valence-electron chi connectivity index (χ0n) is 9.13. The zero-order chi connectivity index (χ0) is 11.8. The molecule has 0 N–H and O–H groups in total. The topological polar surface area (TPSA) is 33.2 Å². The van der Waals surface area contributed by atoms with Gasteiger partial charge in [-0.2, -0.15) is 0 Å². The van der Waals surface area contributed by atoms with Gasteiger partial charge in [0, 0.05) is 23.5 Å². The van der Waals surface area contributed by atoms with E-state index in [2.05, 4.69) is 11.6 Å². The molecule has 1 amide bonds. The average Bonchev–Trinajstić information content (AvgIpc) is 2.64. The Balaban J connectivity index is 2.13. The fourth-order valence-electron chi connectivity index (χ4n) is 2.05. The molecule has 82 valence electrons. The van der Waals surface area contributed by atoms with E-state index in [1.54, 1.807) is 29.4 Å². The molecule has 17 heavy (non-hydrogen) atoms. The second-order valence-electron chi connectivity index (χ2n) is 3.84. The lowest BCUT2D eigenvalue weighted by Crippen LogP contribution is -2.21. The maximum atomic E-state index is 12.3. The summed E-state index contributed by atoms with van der Waals surface area (Å²) in [6, 6.07) is 11.1. The number of amides is 1. The standard InChI is InChI=1S/C14H10N2O/c1-10-12-4-2-3-5-13(12)14(17)16(10)11-6-8-15-9-7-11/h2-9H,1H2. The summed E-state index contributed by atoms with van der Waals surface area (Å²) in [6.07, 6.45) is 3.33. The fraction of sp³-hybridized carbons (Fsp3) is 0. The molecule has 1 aromatic carbocycles. The number of anilines is 1. The molecular weight excluding hydrogens is 212 g/mol. The fourth-order valence-corrected chi connectivity index (χ4v) is 2.05. The van der Waals surface area contributed by atoms with Gasteiger partial charge in [-0.05, 0) is 18.2 Å². The number of fused-ring (bicyclic) bond motifs is 1. The third-order valence-electron chi connectivity index (χ3n) is 2.86. The smallest absolute Gasteiger partial charge is 0.263 e. The molecule has 2 aromatic rings. The molecule has 0 radical (unpaired) electrons. The summed E-state index contributed by atoms with van der Waals surface area (Å²) in [4.78, 5) is 17.8. The molecule has 1 aliphatic heterocycles. The lowest BCUT2D eigenvalue weighted by atomic mass is 10.1. The van der Waals surface area contributed by atoms with Gasteiger partial charge in [0.25, 0.3) is 5.91 Å². The highest BCUT2D eigenvalue weighted by Crippen LogP contribution is 2.34. The van der Waals surface area contributed by atoms with Crippen molar-refractivity contribution in [2.24, 2.45) is 0 Å². The molecule has 1 aliphatic rings. The van der Waals surface area contributed by atoms with E-state index in [1.165, 1.54) is 0 Å². The van der Waals surface area contributed by atoms with Crippen LogP contribution >= 0.6 is 0 Å². The molecule has 0 bridgehead atoms. The minimum absolute atomic E-state index is 0.0307. The molecule has 2 heterocycles. The quantitative estimate of drug-likeness (QED) is 0.743. The summed E-state index contributed by atoms with van der Waals surface area (Å²) in [5.74, 6) is -0.0307. The molecule has 0 fully saturated rings.